The summed E-state index contributed by atoms with van der Waals surface area (Å²) in [6.07, 6.45) is 0. The van der Waals surface area contributed by atoms with E-state index in [2.05, 4.69) is 62.1 Å². The van der Waals surface area contributed by atoms with E-state index in [1.807, 2.05) is 6.07 Å². The second-order valence-corrected chi connectivity index (χ2v) is 6.00. The summed E-state index contributed by atoms with van der Waals surface area (Å²) in [7, 11) is 0. The van der Waals surface area contributed by atoms with Gasteiger partial charge in [0.2, 0.25) is 0 Å². The van der Waals surface area contributed by atoms with Crippen molar-refractivity contribution in [2.75, 3.05) is 13.2 Å². The number of hydrogen-bond donors (Lipinski definition) is 1. The SMILES string of the molecule is C=C(C)C(=O)OCCNCc1ccccc1-c1cccc(C)c1C. The lowest BCUT2D eigenvalue weighted by molar-refractivity contribution is -0.138. The Morgan fingerprint density at radius 2 is 1.79 bits per heavy atom. The summed E-state index contributed by atoms with van der Waals surface area (Å²) in [5, 5.41) is 3.33. The Labute approximate surface area is 144 Å². The molecule has 2 aromatic carbocycles. The van der Waals surface area contributed by atoms with Gasteiger partial charge in [0.15, 0.2) is 0 Å². The Morgan fingerprint density at radius 3 is 2.54 bits per heavy atom. The molecule has 0 aromatic heterocycles. The first-order valence-corrected chi connectivity index (χ1v) is 8.18. The van der Waals surface area contributed by atoms with Gasteiger partial charge in [-0.2, -0.15) is 0 Å². The normalized spacial score (nSPS) is 10.5. The Hall–Kier alpha value is -2.39. The van der Waals surface area contributed by atoms with E-state index in [9.17, 15) is 4.79 Å². The standard InChI is InChI=1S/C21H25NO2/c1-15(2)21(23)24-13-12-22-14-18-9-5-6-10-20(18)19-11-7-8-16(3)17(19)4/h5-11,22H,1,12-14H2,2-4H3. The van der Waals surface area contributed by atoms with Crippen molar-refractivity contribution in [3.05, 3.63) is 71.3 Å². The topological polar surface area (TPSA) is 38.3 Å². The first-order chi connectivity index (χ1) is 11.5. The number of ether oxygens (including phenoxy) is 1. The van der Waals surface area contributed by atoms with Crippen LogP contribution in [0.25, 0.3) is 11.1 Å². The second-order valence-electron chi connectivity index (χ2n) is 6.00. The van der Waals surface area contributed by atoms with Crippen LogP contribution in [0.3, 0.4) is 0 Å². The first kappa shape index (κ1) is 18.0. The Morgan fingerprint density at radius 1 is 1.08 bits per heavy atom. The van der Waals surface area contributed by atoms with E-state index in [0.29, 0.717) is 18.7 Å². The molecule has 3 nitrogen and oxygen atoms in total. The zero-order chi connectivity index (χ0) is 17.5. The van der Waals surface area contributed by atoms with Crippen molar-refractivity contribution in [2.24, 2.45) is 0 Å². The van der Waals surface area contributed by atoms with Gasteiger partial charge in [0.05, 0.1) is 0 Å². The van der Waals surface area contributed by atoms with Gasteiger partial charge >= 0.3 is 5.97 Å². The highest BCUT2D eigenvalue weighted by atomic mass is 16.5. The number of aryl methyl sites for hydroxylation is 1. The molecule has 0 bridgehead atoms. The Balaban J connectivity index is 2.01. The van der Waals surface area contributed by atoms with Gasteiger partial charge < -0.3 is 10.1 Å². The number of benzene rings is 2. The van der Waals surface area contributed by atoms with Crippen LogP contribution in [0.4, 0.5) is 0 Å². The zero-order valence-corrected chi connectivity index (χ0v) is 14.7. The molecule has 0 aliphatic heterocycles. The lowest BCUT2D eigenvalue weighted by atomic mass is 9.93. The summed E-state index contributed by atoms with van der Waals surface area (Å²) in [6, 6.07) is 14.8. The summed E-state index contributed by atoms with van der Waals surface area (Å²) in [6.45, 7) is 11.2. The maximum atomic E-state index is 11.3. The van der Waals surface area contributed by atoms with Crippen LogP contribution in [0, 0.1) is 13.8 Å². The van der Waals surface area contributed by atoms with Crippen molar-refractivity contribution >= 4 is 5.97 Å². The van der Waals surface area contributed by atoms with E-state index in [1.165, 1.54) is 27.8 Å². The van der Waals surface area contributed by atoms with Crippen molar-refractivity contribution < 1.29 is 9.53 Å². The monoisotopic (exact) mass is 323 g/mol. The van der Waals surface area contributed by atoms with Gasteiger partial charge in [-0.1, -0.05) is 49.0 Å². The molecule has 0 aliphatic carbocycles. The van der Waals surface area contributed by atoms with E-state index in [4.69, 9.17) is 4.74 Å². The fourth-order valence-corrected chi connectivity index (χ4v) is 2.54. The number of carbonyl (C=O) groups excluding carboxylic acids is 1. The van der Waals surface area contributed by atoms with Gasteiger partial charge in [-0.3, -0.25) is 0 Å². The molecule has 0 radical (unpaired) electrons. The van der Waals surface area contributed by atoms with Gasteiger partial charge in [0, 0.05) is 18.7 Å². The van der Waals surface area contributed by atoms with Crippen LogP contribution in [0.1, 0.15) is 23.6 Å². The number of carbonyl (C=O) groups is 1. The zero-order valence-electron chi connectivity index (χ0n) is 14.7. The van der Waals surface area contributed by atoms with E-state index in [-0.39, 0.29) is 5.97 Å². The molecule has 0 spiro atoms. The van der Waals surface area contributed by atoms with Gasteiger partial charge in [-0.15, -0.1) is 0 Å². The molecule has 0 fully saturated rings. The van der Waals surface area contributed by atoms with Crippen LogP contribution in [0.2, 0.25) is 0 Å². The number of rotatable bonds is 7. The van der Waals surface area contributed by atoms with E-state index in [0.717, 1.165) is 6.54 Å². The van der Waals surface area contributed by atoms with Gasteiger partial charge in [-0.05, 0) is 48.6 Å². The van der Waals surface area contributed by atoms with Gasteiger partial charge in [0.25, 0.3) is 0 Å². The third-order valence-electron chi connectivity index (χ3n) is 4.09. The average molecular weight is 323 g/mol. The molecular weight excluding hydrogens is 298 g/mol. The molecule has 0 unspecified atom stereocenters. The largest absolute Gasteiger partial charge is 0.461 e. The second kappa shape index (κ2) is 8.46. The third-order valence-corrected chi connectivity index (χ3v) is 4.09. The quantitative estimate of drug-likeness (QED) is 0.472. The Bertz CT molecular complexity index is 734. The molecular formula is C21H25NO2. The summed E-state index contributed by atoms with van der Waals surface area (Å²) in [5.74, 6) is -0.340. The molecule has 126 valence electrons. The van der Waals surface area contributed by atoms with Crippen LogP contribution in [-0.2, 0) is 16.1 Å². The third kappa shape index (κ3) is 4.56. The molecule has 1 N–H and O–H groups in total. The predicted molar refractivity (Wildman–Crippen MR) is 98.8 cm³/mol. The van der Waals surface area contributed by atoms with Crippen molar-refractivity contribution in [2.45, 2.75) is 27.3 Å². The fraction of sp³-hybridized carbons (Fsp3) is 0.286. The van der Waals surface area contributed by atoms with Gasteiger partial charge in [-0.25, -0.2) is 4.79 Å². The van der Waals surface area contributed by atoms with E-state index in [1.54, 1.807) is 6.92 Å². The van der Waals surface area contributed by atoms with Crippen molar-refractivity contribution in [3.8, 4) is 11.1 Å². The smallest absolute Gasteiger partial charge is 0.333 e. The summed E-state index contributed by atoms with van der Waals surface area (Å²) < 4.78 is 5.09. The van der Waals surface area contributed by atoms with Crippen LogP contribution in [0.15, 0.2) is 54.6 Å². The molecule has 2 aromatic rings. The van der Waals surface area contributed by atoms with Crippen LogP contribution in [0.5, 0.6) is 0 Å². The minimum atomic E-state index is -0.340. The molecule has 0 saturated carbocycles. The molecule has 2 rings (SSSR count). The summed E-state index contributed by atoms with van der Waals surface area (Å²) in [4.78, 5) is 11.3. The predicted octanol–water partition coefficient (Wildman–Crippen LogP) is 4.18. The maximum Gasteiger partial charge on any atom is 0.333 e. The number of esters is 1. The van der Waals surface area contributed by atoms with E-state index < -0.39 is 0 Å². The summed E-state index contributed by atoms with van der Waals surface area (Å²) >= 11 is 0. The molecule has 0 aliphatic rings. The Kier molecular flexibility index (Phi) is 6.33. The fourth-order valence-electron chi connectivity index (χ4n) is 2.54. The first-order valence-electron chi connectivity index (χ1n) is 8.18. The molecule has 0 atom stereocenters. The van der Waals surface area contributed by atoms with Crippen LogP contribution < -0.4 is 5.32 Å². The molecule has 3 heteroatoms. The molecule has 0 saturated heterocycles. The van der Waals surface area contributed by atoms with E-state index >= 15 is 0 Å². The lowest BCUT2D eigenvalue weighted by Gasteiger charge is -2.14. The van der Waals surface area contributed by atoms with Gasteiger partial charge in [0.1, 0.15) is 6.61 Å². The maximum absolute atomic E-state index is 11.3. The lowest BCUT2D eigenvalue weighted by Crippen LogP contribution is -2.21. The van der Waals surface area contributed by atoms with Crippen LogP contribution in [-0.4, -0.2) is 19.1 Å². The highest BCUT2D eigenvalue weighted by Gasteiger charge is 2.08. The highest BCUT2D eigenvalue weighted by molar-refractivity contribution is 5.86. The van der Waals surface area contributed by atoms with Crippen molar-refractivity contribution in [1.29, 1.82) is 0 Å². The highest BCUT2D eigenvalue weighted by Crippen LogP contribution is 2.28. The molecule has 0 amide bonds. The number of nitrogens with one attached hydrogen (secondary N) is 1. The average Bonchev–Trinajstić information content (AvgIpc) is 2.57. The van der Waals surface area contributed by atoms with Crippen molar-refractivity contribution in [3.63, 3.8) is 0 Å². The summed E-state index contributed by atoms with van der Waals surface area (Å²) in [5.41, 5.74) is 6.77. The molecule has 0 heterocycles. The van der Waals surface area contributed by atoms with Crippen LogP contribution >= 0.6 is 0 Å². The minimum absolute atomic E-state index is 0.340. The van der Waals surface area contributed by atoms with Crippen molar-refractivity contribution in [1.82, 2.24) is 5.32 Å². The molecule has 24 heavy (non-hydrogen) atoms. The minimum Gasteiger partial charge on any atom is -0.461 e. The number of hydrogen-bond acceptors (Lipinski definition) is 3.